The number of halogens is 3. The van der Waals surface area contributed by atoms with Crippen LogP contribution in [-0.4, -0.2) is 11.7 Å². The lowest BCUT2D eigenvalue weighted by Crippen LogP contribution is -2.12. The monoisotopic (exact) mass is 299 g/mol. The fourth-order valence-electron chi connectivity index (χ4n) is 1.64. The summed E-state index contributed by atoms with van der Waals surface area (Å²) in [5.41, 5.74) is 1.18. The van der Waals surface area contributed by atoms with Crippen molar-refractivity contribution in [1.29, 1.82) is 0 Å². The van der Waals surface area contributed by atoms with E-state index in [1.807, 2.05) is 0 Å². The molecule has 0 aliphatic carbocycles. The van der Waals surface area contributed by atoms with Gasteiger partial charge < -0.3 is 10.4 Å². The minimum atomic E-state index is -0.725. The van der Waals surface area contributed by atoms with Crippen LogP contribution in [0, 0.1) is 5.82 Å². The van der Waals surface area contributed by atoms with Gasteiger partial charge in [0.2, 0.25) is 0 Å². The van der Waals surface area contributed by atoms with Gasteiger partial charge in [0.25, 0.3) is 0 Å². The normalized spacial score (nSPS) is 12.2. The van der Waals surface area contributed by atoms with Gasteiger partial charge in [-0.3, -0.25) is 0 Å². The molecule has 0 fully saturated rings. The molecule has 0 saturated carbocycles. The van der Waals surface area contributed by atoms with Crippen molar-refractivity contribution in [3.63, 3.8) is 0 Å². The summed E-state index contributed by atoms with van der Waals surface area (Å²) in [6, 6.07) is 10.9. The Morgan fingerprint density at radius 1 is 1.11 bits per heavy atom. The molecule has 0 bridgehead atoms. The molecule has 2 rings (SSSR count). The van der Waals surface area contributed by atoms with Gasteiger partial charge in [-0.05, 0) is 35.9 Å². The average molecular weight is 300 g/mol. The lowest BCUT2D eigenvalue weighted by atomic mass is 10.1. The molecule has 1 unspecified atom stereocenters. The summed E-state index contributed by atoms with van der Waals surface area (Å²) in [4.78, 5) is 0. The molecule has 0 heterocycles. The zero-order valence-corrected chi connectivity index (χ0v) is 11.4. The molecule has 0 aromatic heterocycles. The molecule has 0 aliphatic rings. The highest BCUT2D eigenvalue weighted by Crippen LogP contribution is 2.24. The molecule has 2 nitrogen and oxygen atoms in total. The van der Waals surface area contributed by atoms with E-state index in [9.17, 15) is 9.50 Å². The zero-order valence-electron chi connectivity index (χ0n) is 9.91. The Morgan fingerprint density at radius 3 is 2.47 bits per heavy atom. The second-order valence-corrected chi connectivity index (χ2v) is 4.92. The molecule has 2 N–H and O–H groups in total. The Balaban J connectivity index is 2.02. The van der Waals surface area contributed by atoms with Gasteiger partial charge in [-0.15, -0.1) is 0 Å². The van der Waals surface area contributed by atoms with E-state index in [2.05, 4.69) is 5.32 Å². The van der Waals surface area contributed by atoms with Crippen LogP contribution >= 0.6 is 23.2 Å². The smallest absolute Gasteiger partial charge is 0.125 e. The molecule has 2 aromatic rings. The Labute approximate surface area is 120 Å². The van der Waals surface area contributed by atoms with E-state index in [0.29, 0.717) is 15.7 Å². The second-order valence-electron chi connectivity index (χ2n) is 4.07. The van der Waals surface area contributed by atoms with E-state index in [4.69, 9.17) is 23.2 Å². The van der Waals surface area contributed by atoms with E-state index < -0.39 is 6.10 Å². The highest BCUT2D eigenvalue weighted by molar-refractivity contribution is 6.33. The fraction of sp³-hybridized carbons (Fsp3) is 0.143. The van der Waals surface area contributed by atoms with Gasteiger partial charge >= 0.3 is 0 Å². The number of anilines is 1. The first-order valence-electron chi connectivity index (χ1n) is 5.69. The van der Waals surface area contributed by atoms with Gasteiger partial charge in [-0.2, -0.15) is 0 Å². The molecule has 0 aliphatic heterocycles. The van der Waals surface area contributed by atoms with Gasteiger partial charge in [0, 0.05) is 11.6 Å². The Hall–Kier alpha value is -1.29. The minimum Gasteiger partial charge on any atom is -0.387 e. The Kier molecular flexibility index (Phi) is 4.64. The van der Waals surface area contributed by atoms with Crippen LogP contribution in [-0.2, 0) is 0 Å². The molecule has 0 spiro atoms. The van der Waals surface area contributed by atoms with Crippen LogP contribution in [0.5, 0.6) is 0 Å². The third-order valence-corrected chi connectivity index (χ3v) is 3.25. The number of benzene rings is 2. The molecule has 5 heteroatoms. The zero-order chi connectivity index (χ0) is 13.8. The standard InChI is InChI=1S/C14H12Cl2FNO/c15-10-3-1-9(2-4-10)14(19)8-18-13-7-11(17)5-6-12(13)16/h1-7,14,18-19H,8H2. The summed E-state index contributed by atoms with van der Waals surface area (Å²) in [6.45, 7) is 0.227. The van der Waals surface area contributed by atoms with Crippen LogP contribution in [0.15, 0.2) is 42.5 Å². The third-order valence-electron chi connectivity index (χ3n) is 2.67. The van der Waals surface area contributed by atoms with Crippen LogP contribution < -0.4 is 5.32 Å². The molecule has 2 aromatic carbocycles. The summed E-state index contributed by atoms with van der Waals surface area (Å²) in [7, 11) is 0. The molecular weight excluding hydrogens is 288 g/mol. The maximum atomic E-state index is 13.1. The summed E-state index contributed by atoms with van der Waals surface area (Å²) < 4.78 is 13.1. The predicted molar refractivity (Wildman–Crippen MR) is 76.3 cm³/mol. The number of hydrogen-bond acceptors (Lipinski definition) is 2. The lowest BCUT2D eigenvalue weighted by Gasteiger charge is -2.14. The second kappa shape index (κ2) is 6.24. The summed E-state index contributed by atoms with van der Waals surface area (Å²) in [5.74, 6) is -0.382. The SMILES string of the molecule is OC(CNc1cc(F)ccc1Cl)c1ccc(Cl)cc1. The van der Waals surface area contributed by atoms with Gasteiger partial charge in [-0.25, -0.2) is 4.39 Å². The molecular formula is C14H12Cl2FNO. The molecule has 0 amide bonds. The topological polar surface area (TPSA) is 32.3 Å². The summed E-state index contributed by atoms with van der Waals surface area (Å²) >= 11 is 11.7. The highest BCUT2D eigenvalue weighted by Gasteiger charge is 2.09. The van der Waals surface area contributed by atoms with Crippen molar-refractivity contribution in [2.24, 2.45) is 0 Å². The fourth-order valence-corrected chi connectivity index (χ4v) is 1.95. The first kappa shape index (κ1) is 14.1. The number of nitrogens with one attached hydrogen (secondary N) is 1. The average Bonchev–Trinajstić information content (AvgIpc) is 2.40. The van der Waals surface area contributed by atoms with Crippen LogP contribution in [0.1, 0.15) is 11.7 Å². The largest absolute Gasteiger partial charge is 0.387 e. The van der Waals surface area contributed by atoms with Gasteiger partial charge in [0.05, 0.1) is 16.8 Å². The van der Waals surface area contributed by atoms with Crippen LogP contribution in [0.25, 0.3) is 0 Å². The Morgan fingerprint density at radius 2 is 1.79 bits per heavy atom. The van der Waals surface area contributed by atoms with Gasteiger partial charge in [0.1, 0.15) is 5.82 Å². The number of aliphatic hydroxyl groups is 1. The van der Waals surface area contributed by atoms with E-state index in [0.717, 1.165) is 5.56 Å². The van der Waals surface area contributed by atoms with E-state index in [1.165, 1.54) is 18.2 Å². The highest BCUT2D eigenvalue weighted by atomic mass is 35.5. The molecule has 0 radical (unpaired) electrons. The van der Waals surface area contributed by atoms with Crippen molar-refractivity contribution >= 4 is 28.9 Å². The van der Waals surface area contributed by atoms with Crippen LogP contribution in [0.2, 0.25) is 10.0 Å². The van der Waals surface area contributed by atoms with Crippen molar-refractivity contribution in [3.05, 3.63) is 63.9 Å². The predicted octanol–water partition coefficient (Wildman–Crippen LogP) is 4.28. The summed E-state index contributed by atoms with van der Waals surface area (Å²) in [5, 5.41) is 13.9. The van der Waals surface area contributed by atoms with Crippen LogP contribution in [0.3, 0.4) is 0 Å². The maximum Gasteiger partial charge on any atom is 0.125 e. The maximum absolute atomic E-state index is 13.1. The molecule has 0 saturated heterocycles. The quantitative estimate of drug-likeness (QED) is 0.883. The summed E-state index contributed by atoms with van der Waals surface area (Å²) in [6.07, 6.45) is -0.725. The third kappa shape index (κ3) is 3.83. The molecule has 1 atom stereocenters. The lowest BCUT2D eigenvalue weighted by molar-refractivity contribution is 0.191. The van der Waals surface area contributed by atoms with Gasteiger partial charge in [-0.1, -0.05) is 35.3 Å². The van der Waals surface area contributed by atoms with E-state index >= 15 is 0 Å². The first-order valence-corrected chi connectivity index (χ1v) is 6.44. The first-order chi connectivity index (χ1) is 9.06. The van der Waals surface area contributed by atoms with Crippen molar-refractivity contribution < 1.29 is 9.50 Å². The van der Waals surface area contributed by atoms with Crippen molar-refractivity contribution in [2.75, 3.05) is 11.9 Å². The number of hydrogen-bond donors (Lipinski definition) is 2. The molecule has 100 valence electrons. The molecule has 19 heavy (non-hydrogen) atoms. The van der Waals surface area contributed by atoms with Crippen molar-refractivity contribution in [1.82, 2.24) is 0 Å². The van der Waals surface area contributed by atoms with Crippen LogP contribution in [0.4, 0.5) is 10.1 Å². The van der Waals surface area contributed by atoms with Crippen molar-refractivity contribution in [2.45, 2.75) is 6.10 Å². The van der Waals surface area contributed by atoms with E-state index in [-0.39, 0.29) is 12.4 Å². The van der Waals surface area contributed by atoms with Crippen molar-refractivity contribution in [3.8, 4) is 0 Å². The Bertz CT molecular complexity index is 560. The van der Waals surface area contributed by atoms with Gasteiger partial charge in [0.15, 0.2) is 0 Å². The number of aliphatic hydroxyl groups excluding tert-OH is 1. The number of rotatable bonds is 4. The minimum absolute atomic E-state index is 0.227. The van der Waals surface area contributed by atoms with E-state index in [1.54, 1.807) is 24.3 Å².